The molecule has 0 spiro atoms. The second-order valence-corrected chi connectivity index (χ2v) is 2.38. The average molecular weight is 199 g/mol. The summed E-state index contributed by atoms with van der Waals surface area (Å²) in [7, 11) is 1.55. The lowest BCUT2D eigenvalue weighted by molar-refractivity contribution is 0.498. The Labute approximate surface area is 75.8 Å². The molecule has 0 N–H and O–H groups in total. The van der Waals surface area contributed by atoms with E-state index in [1.54, 1.807) is 14.0 Å². The minimum atomic E-state index is -0.340. The molecular weight excluding hydrogens is 190 g/mol. The molecule has 0 fully saturated rings. The van der Waals surface area contributed by atoms with Gasteiger partial charge in [0.1, 0.15) is 0 Å². The molecule has 1 heterocycles. The highest BCUT2D eigenvalue weighted by Crippen LogP contribution is 2.12. The summed E-state index contributed by atoms with van der Waals surface area (Å²) in [6.45, 7) is 1.74. The van der Waals surface area contributed by atoms with E-state index in [4.69, 9.17) is 11.6 Å². The monoisotopic (exact) mass is 198 g/mol. The van der Waals surface area contributed by atoms with Crippen molar-refractivity contribution in [3.63, 3.8) is 0 Å². The van der Waals surface area contributed by atoms with Crippen LogP contribution in [0.4, 0.5) is 4.39 Å². The fourth-order valence-corrected chi connectivity index (χ4v) is 1.13. The van der Waals surface area contributed by atoms with Gasteiger partial charge in [-0.25, -0.2) is 4.68 Å². The van der Waals surface area contributed by atoms with Gasteiger partial charge in [-0.05, 0) is 6.92 Å². The van der Waals surface area contributed by atoms with Crippen LogP contribution < -0.4 is 0 Å². The predicted molar refractivity (Wildman–Crippen MR) is 44.7 cm³/mol. The molecule has 0 unspecified atom stereocenters. The Morgan fingerprint density at radius 3 is 2.36 bits per heavy atom. The van der Waals surface area contributed by atoms with Crippen molar-refractivity contribution in [2.24, 2.45) is 7.05 Å². The first-order valence-electron chi connectivity index (χ1n) is 2.90. The highest BCUT2D eigenvalue weighted by atomic mass is 35.5. The van der Waals surface area contributed by atoms with Crippen molar-refractivity contribution in [1.29, 1.82) is 0 Å². The Kier molecular flexibility index (Phi) is 3.83. The van der Waals surface area contributed by atoms with Crippen LogP contribution in [0.3, 0.4) is 0 Å². The fourth-order valence-electron chi connectivity index (χ4n) is 0.826. The summed E-state index contributed by atoms with van der Waals surface area (Å²) >= 11 is 5.46. The van der Waals surface area contributed by atoms with Gasteiger partial charge in [0.15, 0.2) is 0 Å². The molecule has 2 nitrogen and oxygen atoms in total. The van der Waals surface area contributed by atoms with Crippen LogP contribution in [-0.2, 0) is 12.9 Å². The van der Waals surface area contributed by atoms with Gasteiger partial charge in [0.2, 0.25) is 5.95 Å². The van der Waals surface area contributed by atoms with E-state index in [2.05, 4.69) is 5.10 Å². The number of halogens is 3. The minimum absolute atomic E-state index is 0. The fraction of sp³-hybridized carbons (Fsp3) is 0.500. The van der Waals surface area contributed by atoms with Crippen molar-refractivity contribution in [2.45, 2.75) is 12.8 Å². The van der Waals surface area contributed by atoms with Crippen LogP contribution in [0, 0.1) is 12.9 Å². The Bertz CT molecular complexity index is 247. The van der Waals surface area contributed by atoms with Crippen LogP contribution in [0.15, 0.2) is 0 Å². The van der Waals surface area contributed by atoms with Gasteiger partial charge in [-0.15, -0.1) is 24.0 Å². The first-order chi connectivity index (χ1) is 4.66. The van der Waals surface area contributed by atoms with E-state index in [1.807, 2.05) is 0 Å². The van der Waals surface area contributed by atoms with Gasteiger partial charge in [-0.2, -0.15) is 9.49 Å². The summed E-state index contributed by atoms with van der Waals surface area (Å²) in [5.74, 6) is -0.154. The quantitative estimate of drug-likeness (QED) is 0.632. The van der Waals surface area contributed by atoms with Crippen molar-refractivity contribution in [3.05, 3.63) is 17.2 Å². The van der Waals surface area contributed by atoms with Gasteiger partial charge in [0.05, 0.1) is 11.6 Å². The Morgan fingerprint density at radius 2 is 2.18 bits per heavy atom. The number of aromatic nitrogens is 2. The third-order valence-electron chi connectivity index (χ3n) is 1.40. The molecular formula is C6H9Cl2FN2. The molecule has 0 saturated heterocycles. The number of rotatable bonds is 1. The zero-order chi connectivity index (χ0) is 7.72. The van der Waals surface area contributed by atoms with Crippen LogP contribution in [-0.4, -0.2) is 9.78 Å². The average Bonchev–Trinajstić information content (AvgIpc) is 2.09. The Hall–Kier alpha value is -0.280. The Morgan fingerprint density at radius 1 is 1.64 bits per heavy atom. The SMILES string of the molecule is Cc1nn(C)c(F)c1CCl.Cl. The summed E-state index contributed by atoms with van der Waals surface area (Å²) in [5, 5.41) is 3.84. The second-order valence-electron chi connectivity index (χ2n) is 2.11. The van der Waals surface area contributed by atoms with Crippen LogP contribution in [0.2, 0.25) is 0 Å². The molecule has 0 saturated carbocycles. The van der Waals surface area contributed by atoms with Crippen LogP contribution >= 0.6 is 24.0 Å². The third-order valence-corrected chi connectivity index (χ3v) is 1.67. The zero-order valence-corrected chi connectivity index (χ0v) is 7.84. The van der Waals surface area contributed by atoms with Crippen molar-refractivity contribution in [3.8, 4) is 0 Å². The van der Waals surface area contributed by atoms with Gasteiger partial charge in [0, 0.05) is 12.6 Å². The molecule has 1 rings (SSSR count). The van der Waals surface area contributed by atoms with Gasteiger partial charge in [-0.1, -0.05) is 0 Å². The van der Waals surface area contributed by atoms with Crippen molar-refractivity contribution in [1.82, 2.24) is 9.78 Å². The maximum atomic E-state index is 12.8. The molecule has 0 aliphatic heterocycles. The molecule has 11 heavy (non-hydrogen) atoms. The first kappa shape index (κ1) is 10.7. The normalized spacial score (nSPS) is 9.45. The Balaban J connectivity index is 0.000001000. The van der Waals surface area contributed by atoms with E-state index in [1.165, 1.54) is 4.68 Å². The molecule has 64 valence electrons. The van der Waals surface area contributed by atoms with Crippen molar-refractivity contribution >= 4 is 24.0 Å². The van der Waals surface area contributed by atoms with E-state index in [9.17, 15) is 4.39 Å². The molecule has 1 aromatic heterocycles. The van der Waals surface area contributed by atoms with Crippen LogP contribution in [0.25, 0.3) is 0 Å². The van der Waals surface area contributed by atoms with Gasteiger partial charge in [-0.3, -0.25) is 0 Å². The molecule has 0 radical (unpaired) electrons. The van der Waals surface area contributed by atoms with E-state index in [0.717, 1.165) is 0 Å². The highest BCUT2D eigenvalue weighted by Gasteiger charge is 2.10. The van der Waals surface area contributed by atoms with Gasteiger partial charge in [0.25, 0.3) is 0 Å². The number of hydrogen-bond donors (Lipinski definition) is 0. The molecule has 0 atom stereocenters. The molecule has 5 heteroatoms. The predicted octanol–water partition coefficient (Wildman–Crippen LogP) is 2.03. The van der Waals surface area contributed by atoms with E-state index in [-0.39, 0.29) is 24.2 Å². The van der Waals surface area contributed by atoms with E-state index in [0.29, 0.717) is 11.3 Å². The molecule has 1 aromatic rings. The number of aryl methyl sites for hydroxylation is 2. The second kappa shape index (κ2) is 3.93. The summed E-state index contributed by atoms with van der Waals surface area (Å²) in [5.41, 5.74) is 1.15. The summed E-state index contributed by atoms with van der Waals surface area (Å²) in [6, 6.07) is 0. The van der Waals surface area contributed by atoms with Gasteiger partial charge < -0.3 is 0 Å². The summed E-state index contributed by atoms with van der Waals surface area (Å²) in [4.78, 5) is 0. The van der Waals surface area contributed by atoms with Crippen molar-refractivity contribution in [2.75, 3.05) is 0 Å². The molecule has 0 aliphatic carbocycles. The first-order valence-corrected chi connectivity index (χ1v) is 3.44. The minimum Gasteiger partial charge on any atom is -0.242 e. The van der Waals surface area contributed by atoms with E-state index >= 15 is 0 Å². The van der Waals surface area contributed by atoms with E-state index < -0.39 is 0 Å². The molecule has 0 aromatic carbocycles. The highest BCUT2D eigenvalue weighted by molar-refractivity contribution is 6.17. The molecule has 0 aliphatic rings. The summed E-state index contributed by atoms with van der Waals surface area (Å²) in [6.07, 6.45) is 0. The lowest BCUT2D eigenvalue weighted by Crippen LogP contribution is -1.94. The topological polar surface area (TPSA) is 17.8 Å². The number of alkyl halides is 1. The van der Waals surface area contributed by atoms with Crippen LogP contribution in [0.1, 0.15) is 11.3 Å². The largest absolute Gasteiger partial charge is 0.242 e. The standard InChI is InChI=1S/C6H8ClFN2.ClH/c1-4-5(3-7)6(8)10(2)9-4;/h3H2,1-2H3;1H. The maximum Gasteiger partial charge on any atom is 0.215 e. The number of hydrogen-bond acceptors (Lipinski definition) is 1. The maximum absolute atomic E-state index is 12.8. The smallest absolute Gasteiger partial charge is 0.215 e. The third kappa shape index (κ3) is 1.84. The molecule has 0 bridgehead atoms. The zero-order valence-electron chi connectivity index (χ0n) is 6.27. The van der Waals surface area contributed by atoms with Crippen LogP contribution in [0.5, 0.6) is 0 Å². The van der Waals surface area contributed by atoms with Crippen molar-refractivity contribution < 1.29 is 4.39 Å². The number of nitrogens with zero attached hydrogens (tertiary/aromatic N) is 2. The molecule has 0 amide bonds. The summed E-state index contributed by atoms with van der Waals surface area (Å²) < 4.78 is 14.0. The van der Waals surface area contributed by atoms with Gasteiger partial charge >= 0.3 is 0 Å². The lowest BCUT2D eigenvalue weighted by Gasteiger charge is -1.89. The lowest BCUT2D eigenvalue weighted by atomic mass is 10.3.